The van der Waals surface area contributed by atoms with Crippen LogP contribution in [0.5, 0.6) is 5.75 Å². The van der Waals surface area contributed by atoms with Crippen molar-refractivity contribution >= 4 is 11.9 Å². The molecule has 0 radical (unpaired) electrons. The van der Waals surface area contributed by atoms with Crippen molar-refractivity contribution in [3.05, 3.63) is 65.2 Å². The first kappa shape index (κ1) is 16.1. The molecule has 1 fully saturated rings. The lowest BCUT2D eigenvalue weighted by molar-refractivity contribution is -0.139. The van der Waals surface area contributed by atoms with Crippen LogP contribution in [0.2, 0.25) is 0 Å². The molecule has 0 aliphatic heterocycles. The van der Waals surface area contributed by atoms with E-state index in [9.17, 15) is 9.59 Å². The standard InChI is InChI=1S/C19H19NO4/c1-12-5-2-3-8-15(12)16-10-17(16)20-19(23)13-6-4-7-14(9-13)24-11-18(21)22/h2-9,16-17H,10-11H2,1H3,(H,20,23)(H,21,22)/t16-,17+/m0/s1. The molecule has 5 nitrogen and oxygen atoms in total. The maximum Gasteiger partial charge on any atom is 0.341 e. The Morgan fingerprint density at radius 1 is 1.21 bits per heavy atom. The number of ether oxygens (including phenoxy) is 1. The van der Waals surface area contributed by atoms with Gasteiger partial charge >= 0.3 is 5.97 Å². The lowest BCUT2D eigenvalue weighted by Gasteiger charge is -2.08. The maximum absolute atomic E-state index is 12.4. The third-order valence-corrected chi connectivity index (χ3v) is 4.15. The lowest BCUT2D eigenvalue weighted by atomic mass is 10.0. The molecule has 0 heterocycles. The third-order valence-electron chi connectivity index (χ3n) is 4.15. The number of carbonyl (C=O) groups excluding carboxylic acids is 1. The first-order valence-corrected chi connectivity index (χ1v) is 7.85. The van der Waals surface area contributed by atoms with Crippen LogP contribution in [0.15, 0.2) is 48.5 Å². The fraction of sp³-hybridized carbons (Fsp3) is 0.263. The number of nitrogens with one attached hydrogen (secondary N) is 1. The highest BCUT2D eigenvalue weighted by atomic mass is 16.5. The number of aliphatic carboxylic acids is 1. The molecule has 24 heavy (non-hydrogen) atoms. The van der Waals surface area contributed by atoms with Gasteiger partial charge in [-0.1, -0.05) is 30.3 Å². The average molecular weight is 325 g/mol. The van der Waals surface area contributed by atoms with Crippen molar-refractivity contribution in [2.45, 2.75) is 25.3 Å². The number of carboxylic acid groups (broad SMARTS) is 1. The summed E-state index contributed by atoms with van der Waals surface area (Å²) in [5.41, 5.74) is 2.98. The van der Waals surface area contributed by atoms with Crippen LogP contribution in [0.25, 0.3) is 0 Å². The van der Waals surface area contributed by atoms with Gasteiger partial charge in [0.05, 0.1) is 0 Å². The van der Waals surface area contributed by atoms with Crippen LogP contribution in [0.4, 0.5) is 0 Å². The van der Waals surface area contributed by atoms with Crippen LogP contribution in [0.3, 0.4) is 0 Å². The molecule has 2 aromatic rings. The molecule has 0 saturated heterocycles. The minimum Gasteiger partial charge on any atom is -0.482 e. The highest BCUT2D eigenvalue weighted by Crippen LogP contribution is 2.42. The third kappa shape index (κ3) is 3.74. The Kier molecular flexibility index (Phi) is 4.51. The Hall–Kier alpha value is -2.82. The summed E-state index contributed by atoms with van der Waals surface area (Å²) >= 11 is 0. The zero-order valence-corrected chi connectivity index (χ0v) is 13.4. The molecule has 124 valence electrons. The molecule has 2 N–H and O–H groups in total. The van der Waals surface area contributed by atoms with Crippen LogP contribution in [-0.4, -0.2) is 29.6 Å². The number of benzene rings is 2. The average Bonchev–Trinajstić information content (AvgIpc) is 3.32. The lowest BCUT2D eigenvalue weighted by Crippen LogP contribution is -2.26. The van der Waals surface area contributed by atoms with E-state index in [0.717, 1.165) is 6.42 Å². The van der Waals surface area contributed by atoms with Crippen molar-refractivity contribution in [3.8, 4) is 5.75 Å². The summed E-state index contributed by atoms with van der Waals surface area (Å²) < 4.78 is 5.11. The van der Waals surface area contributed by atoms with E-state index >= 15 is 0 Å². The van der Waals surface area contributed by atoms with Gasteiger partial charge in [0, 0.05) is 17.5 Å². The summed E-state index contributed by atoms with van der Waals surface area (Å²) in [6.07, 6.45) is 0.936. The summed E-state index contributed by atoms with van der Waals surface area (Å²) in [6, 6.07) is 14.9. The number of rotatable bonds is 6. The largest absolute Gasteiger partial charge is 0.482 e. The second-order valence-corrected chi connectivity index (χ2v) is 5.99. The van der Waals surface area contributed by atoms with E-state index in [1.165, 1.54) is 11.1 Å². The maximum atomic E-state index is 12.4. The normalized spacial score (nSPS) is 18.7. The number of aryl methyl sites for hydroxylation is 1. The molecule has 1 aliphatic rings. The van der Waals surface area contributed by atoms with Gasteiger partial charge in [0.1, 0.15) is 5.75 Å². The number of hydrogen-bond acceptors (Lipinski definition) is 3. The van der Waals surface area contributed by atoms with Crippen molar-refractivity contribution in [2.75, 3.05) is 6.61 Å². The van der Waals surface area contributed by atoms with E-state index in [-0.39, 0.29) is 11.9 Å². The van der Waals surface area contributed by atoms with Gasteiger partial charge in [-0.2, -0.15) is 0 Å². The van der Waals surface area contributed by atoms with E-state index in [4.69, 9.17) is 9.84 Å². The molecule has 0 bridgehead atoms. The van der Waals surface area contributed by atoms with Crippen molar-refractivity contribution < 1.29 is 19.4 Å². The van der Waals surface area contributed by atoms with Crippen molar-refractivity contribution in [1.82, 2.24) is 5.32 Å². The Bertz CT molecular complexity index is 771. The molecular formula is C19H19NO4. The summed E-state index contributed by atoms with van der Waals surface area (Å²) in [7, 11) is 0. The molecule has 2 aromatic carbocycles. The van der Waals surface area contributed by atoms with Crippen LogP contribution in [0.1, 0.15) is 33.8 Å². The first-order valence-electron chi connectivity index (χ1n) is 7.85. The van der Waals surface area contributed by atoms with Crippen LogP contribution < -0.4 is 10.1 Å². The zero-order valence-electron chi connectivity index (χ0n) is 13.4. The second-order valence-electron chi connectivity index (χ2n) is 5.99. The van der Waals surface area contributed by atoms with Gasteiger partial charge in [-0.15, -0.1) is 0 Å². The molecule has 1 amide bonds. The number of carbonyl (C=O) groups is 2. The van der Waals surface area contributed by atoms with Gasteiger partial charge in [-0.05, 0) is 42.7 Å². The number of hydrogen-bond donors (Lipinski definition) is 2. The molecule has 0 spiro atoms. The van der Waals surface area contributed by atoms with Gasteiger partial charge < -0.3 is 15.2 Å². The molecular weight excluding hydrogens is 306 g/mol. The van der Waals surface area contributed by atoms with E-state index in [2.05, 4.69) is 24.4 Å². The van der Waals surface area contributed by atoms with Gasteiger partial charge in [-0.25, -0.2) is 4.79 Å². The fourth-order valence-corrected chi connectivity index (χ4v) is 2.82. The van der Waals surface area contributed by atoms with Crippen LogP contribution in [0, 0.1) is 6.92 Å². The highest BCUT2D eigenvalue weighted by molar-refractivity contribution is 5.95. The van der Waals surface area contributed by atoms with Gasteiger partial charge in [-0.3, -0.25) is 4.79 Å². The van der Waals surface area contributed by atoms with Gasteiger partial charge in [0.25, 0.3) is 5.91 Å². The number of carboxylic acids is 1. The molecule has 5 heteroatoms. The minimum absolute atomic E-state index is 0.141. The molecule has 2 atom stereocenters. The zero-order chi connectivity index (χ0) is 17.1. The van der Waals surface area contributed by atoms with E-state index in [1.807, 2.05) is 12.1 Å². The molecule has 0 aromatic heterocycles. The van der Waals surface area contributed by atoms with E-state index < -0.39 is 12.6 Å². The summed E-state index contributed by atoms with van der Waals surface area (Å²) in [6.45, 7) is 1.65. The summed E-state index contributed by atoms with van der Waals surface area (Å²) in [4.78, 5) is 22.9. The minimum atomic E-state index is -1.05. The highest BCUT2D eigenvalue weighted by Gasteiger charge is 2.40. The monoisotopic (exact) mass is 325 g/mol. The van der Waals surface area contributed by atoms with Crippen molar-refractivity contribution in [1.29, 1.82) is 0 Å². The Morgan fingerprint density at radius 3 is 2.75 bits per heavy atom. The SMILES string of the molecule is Cc1ccccc1[C@@H]1C[C@H]1NC(=O)c1cccc(OCC(=O)O)c1. The number of amides is 1. The predicted molar refractivity (Wildman–Crippen MR) is 89.4 cm³/mol. The molecule has 1 saturated carbocycles. The quantitative estimate of drug-likeness (QED) is 0.856. The van der Waals surface area contributed by atoms with E-state index in [0.29, 0.717) is 17.2 Å². The van der Waals surface area contributed by atoms with Crippen LogP contribution in [-0.2, 0) is 4.79 Å². The summed E-state index contributed by atoms with van der Waals surface area (Å²) in [5, 5.41) is 11.7. The van der Waals surface area contributed by atoms with Gasteiger partial charge in [0.15, 0.2) is 6.61 Å². The predicted octanol–water partition coefficient (Wildman–Crippen LogP) is 2.74. The van der Waals surface area contributed by atoms with E-state index in [1.54, 1.807) is 24.3 Å². The summed E-state index contributed by atoms with van der Waals surface area (Å²) in [5.74, 6) is -0.487. The molecule has 3 rings (SSSR count). The van der Waals surface area contributed by atoms with Gasteiger partial charge in [0.2, 0.25) is 0 Å². The van der Waals surface area contributed by atoms with Crippen molar-refractivity contribution in [3.63, 3.8) is 0 Å². The molecule has 0 unspecified atom stereocenters. The Balaban J connectivity index is 1.61. The fourth-order valence-electron chi connectivity index (χ4n) is 2.82. The van der Waals surface area contributed by atoms with Crippen LogP contribution >= 0.6 is 0 Å². The Labute approximate surface area is 140 Å². The first-order chi connectivity index (χ1) is 11.5. The second kappa shape index (κ2) is 6.74. The smallest absolute Gasteiger partial charge is 0.341 e. The topological polar surface area (TPSA) is 75.6 Å². The molecule has 1 aliphatic carbocycles. The van der Waals surface area contributed by atoms with Crippen molar-refractivity contribution in [2.24, 2.45) is 0 Å². The Morgan fingerprint density at radius 2 is 2.00 bits per heavy atom.